The summed E-state index contributed by atoms with van der Waals surface area (Å²) in [5.74, 6) is 0.112. The summed E-state index contributed by atoms with van der Waals surface area (Å²) in [6.45, 7) is 0.148. The Balaban J connectivity index is -0.000000288. The van der Waals surface area contributed by atoms with Crippen molar-refractivity contribution < 1.29 is 24.5 Å². The van der Waals surface area contributed by atoms with Crippen molar-refractivity contribution in [3.8, 4) is 0 Å². The van der Waals surface area contributed by atoms with Gasteiger partial charge in [0.1, 0.15) is 12.1 Å². The van der Waals surface area contributed by atoms with Crippen molar-refractivity contribution >= 4 is 48.7 Å². The van der Waals surface area contributed by atoms with Gasteiger partial charge in [-0.05, 0) is 12.2 Å². The normalized spacial score (nSPS) is 12.2. The molecule has 122 valence electrons. The van der Waals surface area contributed by atoms with E-state index in [2.05, 4.69) is 17.4 Å². The molecule has 0 aromatic rings. The molecule has 2 atom stereocenters. The lowest BCUT2D eigenvalue weighted by Gasteiger charge is -2.04. The lowest BCUT2D eigenvalue weighted by Crippen LogP contribution is -2.32. The predicted molar refractivity (Wildman–Crippen MR) is 85.7 cm³/mol. The number of carbonyl (C=O) groups excluding carboxylic acids is 1. The van der Waals surface area contributed by atoms with Gasteiger partial charge in [0.15, 0.2) is 0 Å². The molecule has 0 spiro atoms. The van der Waals surface area contributed by atoms with Crippen LogP contribution in [0.2, 0.25) is 0 Å². The van der Waals surface area contributed by atoms with Gasteiger partial charge in [-0.15, -0.1) is 12.4 Å². The highest BCUT2D eigenvalue weighted by atomic mass is 35.5. The van der Waals surface area contributed by atoms with Crippen molar-refractivity contribution in [2.75, 3.05) is 31.0 Å². The van der Waals surface area contributed by atoms with Crippen LogP contribution in [0.5, 0.6) is 0 Å². The van der Waals surface area contributed by atoms with Crippen LogP contribution in [0.15, 0.2) is 0 Å². The third-order valence-electron chi connectivity index (χ3n) is 1.76. The first-order valence-electron chi connectivity index (χ1n) is 5.51. The number of thioether (sulfide) groups is 1. The molecule has 0 fully saturated rings. The molecule has 0 aliphatic rings. The Morgan fingerprint density at radius 3 is 2.20 bits per heavy atom. The van der Waals surface area contributed by atoms with E-state index in [0.29, 0.717) is 17.9 Å². The summed E-state index contributed by atoms with van der Waals surface area (Å²) in [7, 11) is 1.30. The van der Waals surface area contributed by atoms with Crippen molar-refractivity contribution in [1.29, 1.82) is 0 Å². The Labute approximate surface area is 134 Å². The minimum absolute atomic E-state index is 0. The van der Waals surface area contributed by atoms with Gasteiger partial charge in [0, 0.05) is 18.1 Å². The fourth-order valence-electron chi connectivity index (χ4n) is 0.674. The second-order valence-corrected chi connectivity index (χ2v) is 4.92. The number of hydrogen-bond acceptors (Lipinski definition) is 8. The van der Waals surface area contributed by atoms with E-state index < -0.39 is 24.0 Å². The lowest BCUT2D eigenvalue weighted by atomic mass is 10.4. The van der Waals surface area contributed by atoms with Gasteiger partial charge in [-0.3, -0.25) is 9.59 Å². The van der Waals surface area contributed by atoms with Gasteiger partial charge in [0.2, 0.25) is 0 Å². The van der Waals surface area contributed by atoms with E-state index in [-0.39, 0.29) is 19.0 Å². The number of carbonyl (C=O) groups is 2. The first-order chi connectivity index (χ1) is 8.90. The molecule has 0 amide bonds. The molecule has 0 rings (SSSR count). The van der Waals surface area contributed by atoms with Crippen LogP contribution in [-0.4, -0.2) is 65.2 Å². The predicted octanol–water partition coefficient (Wildman–Crippen LogP) is -0.648. The third-order valence-corrected chi connectivity index (χ3v) is 3.33. The Bertz CT molecular complexity index is 262. The number of nitrogens with two attached hydrogens (primary N) is 2. The number of esters is 1. The molecule has 0 saturated carbocycles. The van der Waals surface area contributed by atoms with Crippen LogP contribution in [0.1, 0.15) is 6.42 Å². The maximum absolute atomic E-state index is 10.3. The Hall–Kier alpha value is -0.190. The molecular weight excluding hydrogens is 328 g/mol. The SMILES string of the molecule is COC(=O)[C@@H](N)CS.Cl.N[C@@H](CSCCCO)C(=O)O. The number of methoxy groups -OCH3 is 1. The highest BCUT2D eigenvalue weighted by molar-refractivity contribution is 7.99. The van der Waals surface area contributed by atoms with E-state index in [1.54, 1.807) is 0 Å². The summed E-state index contributed by atoms with van der Waals surface area (Å²) in [6.07, 6.45) is 0.691. The highest BCUT2D eigenvalue weighted by Gasteiger charge is 2.10. The number of carboxylic acid groups (broad SMARTS) is 1. The van der Waals surface area contributed by atoms with Crippen LogP contribution in [0, 0.1) is 0 Å². The van der Waals surface area contributed by atoms with Gasteiger partial charge in [0.05, 0.1) is 7.11 Å². The number of hydrogen-bond donors (Lipinski definition) is 5. The van der Waals surface area contributed by atoms with Gasteiger partial charge in [-0.1, -0.05) is 0 Å². The van der Waals surface area contributed by atoms with E-state index >= 15 is 0 Å². The van der Waals surface area contributed by atoms with Crippen LogP contribution < -0.4 is 11.5 Å². The van der Waals surface area contributed by atoms with Crippen LogP contribution in [-0.2, 0) is 14.3 Å². The number of ether oxygens (including phenoxy) is 1. The second kappa shape index (κ2) is 16.9. The summed E-state index contributed by atoms with van der Waals surface area (Å²) in [4.78, 5) is 20.5. The highest BCUT2D eigenvalue weighted by Crippen LogP contribution is 2.03. The standard InChI is InChI=1S/C6H13NO3S.C4H9NO2S.ClH/c7-5(6(9)10)4-11-3-1-2-8;1-7-4(6)3(5)2-8;/h5,8H,1-4,7H2,(H,9,10);3,8H,2,5H2,1H3;1H/t5-;3-;/m00./s1. The van der Waals surface area contributed by atoms with E-state index in [0.717, 1.165) is 5.75 Å². The number of rotatable bonds is 8. The second-order valence-electron chi connectivity index (χ2n) is 3.41. The topological polar surface area (TPSA) is 136 Å². The zero-order valence-electron chi connectivity index (χ0n) is 11.2. The zero-order chi connectivity index (χ0) is 15.3. The van der Waals surface area contributed by atoms with Gasteiger partial charge in [-0.25, -0.2) is 0 Å². The Morgan fingerprint density at radius 2 is 1.90 bits per heavy atom. The number of aliphatic hydroxyl groups is 1. The monoisotopic (exact) mass is 350 g/mol. The van der Waals surface area contributed by atoms with Gasteiger partial charge >= 0.3 is 11.9 Å². The van der Waals surface area contributed by atoms with Crippen LogP contribution in [0.3, 0.4) is 0 Å². The first-order valence-corrected chi connectivity index (χ1v) is 7.30. The van der Waals surface area contributed by atoms with E-state index in [4.69, 9.17) is 21.7 Å². The quantitative estimate of drug-likeness (QED) is 0.221. The molecule has 0 unspecified atom stereocenters. The largest absolute Gasteiger partial charge is 0.480 e. The summed E-state index contributed by atoms with van der Waals surface area (Å²) >= 11 is 5.23. The molecule has 0 heterocycles. The van der Waals surface area contributed by atoms with Crippen molar-refractivity contribution in [1.82, 2.24) is 0 Å². The van der Waals surface area contributed by atoms with Crippen molar-refractivity contribution in [2.24, 2.45) is 11.5 Å². The van der Waals surface area contributed by atoms with E-state index in [9.17, 15) is 9.59 Å². The van der Waals surface area contributed by atoms with Gasteiger partial charge < -0.3 is 26.4 Å². The smallest absolute Gasteiger partial charge is 0.323 e. The molecular formula is C10H23ClN2O5S2. The Kier molecular flexibility index (Phi) is 20.9. The number of thiol groups is 1. The van der Waals surface area contributed by atoms with Crippen molar-refractivity contribution in [3.05, 3.63) is 0 Å². The van der Waals surface area contributed by atoms with Crippen LogP contribution in [0.25, 0.3) is 0 Å². The van der Waals surface area contributed by atoms with Gasteiger partial charge in [-0.2, -0.15) is 24.4 Å². The minimum atomic E-state index is -0.971. The lowest BCUT2D eigenvalue weighted by molar-refractivity contribution is -0.141. The summed E-state index contributed by atoms with van der Waals surface area (Å²) in [6, 6.07) is -1.36. The summed E-state index contributed by atoms with van der Waals surface area (Å²) < 4.78 is 4.29. The van der Waals surface area contributed by atoms with E-state index in [1.807, 2.05) is 0 Å². The molecule has 20 heavy (non-hydrogen) atoms. The van der Waals surface area contributed by atoms with Crippen LogP contribution in [0.4, 0.5) is 0 Å². The van der Waals surface area contributed by atoms with Crippen LogP contribution >= 0.6 is 36.8 Å². The maximum Gasteiger partial charge on any atom is 0.323 e. The molecule has 7 nitrogen and oxygen atoms in total. The number of aliphatic carboxylic acids is 1. The molecule has 0 aliphatic heterocycles. The average molecular weight is 351 g/mol. The Morgan fingerprint density at radius 1 is 1.35 bits per heavy atom. The molecule has 0 saturated heterocycles. The third kappa shape index (κ3) is 15.9. The fourth-order valence-corrected chi connectivity index (χ4v) is 1.72. The average Bonchev–Trinajstić information content (AvgIpc) is 2.42. The molecule has 0 aliphatic carbocycles. The summed E-state index contributed by atoms with van der Waals surface area (Å²) in [5.41, 5.74) is 10.4. The maximum atomic E-state index is 10.3. The molecule has 6 N–H and O–H groups in total. The molecule has 0 radical (unpaired) electrons. The number of halogens is 1. The molecule has 10 heteroatoms. The minimum Gasteiger partial charge on any atom is -0.480 e. The number of carboxylic acids is 1. The summed E-state index contributed by atoms with van der Waals surface area (Å²) in [5, 5.41) is 16.7. The number of aliphatic hydroxyl groups excluding tert-OH is 1. The van der Waals surface area contributed by atoms with Gasteiger partial charge in [0.25, 0.3) is 0 Å². The zero-order valence-corrected chi connectivity index (χ0v) is 13.8. The van der Waals surface area contributed by atoms with E-state index in [1.165, 1.54) is 18.9 Å². The molecule has 0 aromatic heterocycles. The van der Waals surface area contributed by atoms with Crippen molar-refractivity contribution in [3.63, 3.8) is 0 Å². The molecule has 0 aromatic carbocycles. The molecule has 0 bridgehead atoms. The first kappa shape index (κ1) is 24.8. The fraction of sp³-hybridized carbons (Fsp3) is 0.800. The van der Waals surface area contributed by atoms with Crippen molar-refractivity contribution in [2.45, 2.75) is 18.5 Å².